The van der Waals surface area contributed by atoms with Crippen molar-refractivity contribution in [1.29, 1.82) is 0 Å². The molecule has 0 saturated carbocycles. The molecular weight excluding hydrogens is 270 g/mol. The number of phenolic OH excluding ortho intramolecular Hbond substituents is 1. The molecule has 0 bridgehead atoms. The smallest absolute Gasteiger partial charge is 0.174 e. The molecule has 3 rings (SSSR count). The number of nitrogens with two attached hydrogens (primary N) is 1. The third-order valence-electron chi connectivity index (χ3n) is 3.56. The monoisotopic (exact) mass is 285 g/mol. The summed E-state index contributed by atoms with van der Waals surface area (Å²) in [5.74, 6) is 0.106. The minimum Gasteiger partial charge on any atom is -0.507 e. The number of phenols is 1. The molecule has 0 radical (unpaired) electrons. The van der Waals surface area contributed by atoms with E-state index in [1.54, 1.807) is 0 Å². The number of hydrogen-bond donors (Lipinski definition) is 2. The van der Waals surface area contributed by atoms with Crippen molar-refractivity contribution in [2.45, 2.75) is 12.5 Å². The predicted molar refractivity (Wildman–Crippen MR) is 77.8 cm³/mol. The van der Waals surface area contributed by atoms with E-state index in [0.29, 0.717) is 0 Å². The number of anilines is 1. The van der Waals surface area contributed by atoms with Crippen molar-refractivity contribution in [2.24, 2.45) is 0 Å². The van der Waals surface area contributed by atoms with Gasteiger partial charge in [-0.25, -0.2) is 0 Å². The molecule has 1 aliphatic rings. The molecule has 5 nitrogen and oxygen atoms in total. The highest BCUT2D eigenvalue weighted by Crippen LogP contribution is 2.46. The van der Waals surface area contributed by atoms with E-state index >= 15 is 0 Å². The minimum absolute atomic E-state index is 0.125. The van der Waals surface area contributed by atoms with Gasteiger partial charge < -0.3 is 20.3 Å². The number of aromatic hydroxyl groups is 1. The maximum Gasteiger partial charge on any atom is 0.174 e. The molecule has 0 spiro atoms. The molecule has 2 aromatic carbocycles. The topological polar surface area (TPSA) is 81.8 Å². The number of hydrogen-bond acceptors (Lipinski definition) is 5. The lowest BCUT2D eigenvalue weighted by Gasteiger charge is -2.27. The Hall–Kier alpha value is -2.69. The van der Waals surface area contributed by atoms with Crippen molar-refractivity contribution in [3.8, 4) is 17.2 Å². The number of ketones is 1. The van der Waals surface area contributed by atoms with Crippen LogP contribution in [0.5, 0.6) is 17.2 Å². The molecule has 0 aromatic heterocycles. The van der Waals surface area contributed by atoms with Crippen molar-refractivity contribution >= 4 is 11.5 Å². The number of methoxy groups -OCH3 is 1. The summed E-state index contributed by atoms with van der Waals surface area (Å²) in [6, 6.07) is 10.8. The highest BCUT2D eigenvalue weighted by atomic mass is 16.5. The van der Waals surface area contributed by atoms with E-state index in [-0.39, 0.29) is 40.7 Å². The predicted octanol–water partition coefficient (Wildman–Crippen LogP) is 2.69. The van der Waals surface area contributed by atoms with Crippen molar-refractivity contribution in [2.75, 3.05) is 12.8 Å². The molecule has 0 aliphatic carbocycles. The zero-order chi connectivity index (χ0) is 15.0. The Kier molecular flexibility index (Phi) is 3.17. The van der Waals surface area contributed by atoms with Crippen LogP contribution in [0.4, 0.5) is 5.69 Å². The van der Waals surface area contributed by atoms with E-state index in [0.717, 1.165) is 5.56 Å². The summed E-state index contributed by atoms with van der Waals surface area (Å²) in [6.45, 7) is 0. The third kappa shape index (κ3) is 2.16. The number of Topliss-reactive ketones (excluding diaryl/α,β-unsaturated/α-hetero) is 1. The van der Waals surface area contributed by atoms with Gasteiger partial charge in [-0.2, -0.15) is 0 Å². The second-order valence-electron chi connectivity index (χ2n) is 4.86. The van der Waals surface area contributed by atoms with Gasteiger partial charge in [0.1, 0.15) is 28.9 Å². The average molecular weight is 285 g/mol. The van der Waals surface area contributed by atoms with Crippen molar-refractivity contribution in [3.05, 3.63) is 47.5 Å². The Balaban J connectivity index is 2.09. The minimum atomic E-state index is -0.417. The van der Waals surface area contributed by atoms with Crippen LogP contribution in [0.2, 0.25) is 0 Å². The summed E-state index contributed by atoms with van der Waals surface area (Å²) >= 11 is 0. The zero-order valence-corrected chi connectivity index (χ0v) is 11.5. The maximum atomic E-state index is 12.3. The van der Waals surface area contributed by atoms with Gasteiger partial charge in [0.2, 0.25) is 0 Å². The molecule has 1 heterocycles. The standard InChI is InChI=1S/C16H15NO4/c1-20-13-8-11(19)14-10(18)7-12(21-16(14)15(13)17)9-5-3-2-4-6-9/h2-6,8,12,19H,7,17H2,1H3. The van der Waals surface area contributed by atoms with Gasteiger partial charge >= 0.3 is 0 Å². The first kappa shape index (κ1) is 13.3. The summed E-state index contributed by atoms with van der Waals surface area (Å²) in [4.78, 5) is 12.3. The third-order valence-corrected chi connectivity index (χ3v) is 3.56. The number of carbonyl (C=O) groups excluding carboxylic acids is 1. The number of ether oxygens (including phenoxy) is 2. The number of rotatable bonds is 2. The van der Waals surface area contributed by atoms with Crippen molar-refractivity contribution in [1.82, 2.24) is 0 Å². The number of benzene rings is 2. The van der Waals surface area contributed by atoms with Crippen LogP contribution >= 0.6 is 0 Å². The van der Waals surface area contributed by atoms with E-state index < -0.39 is 6.10 Å². The van der Waals surface area contributed by atoms with Gasteiger partial charge in [-0.3, -0.25) is 4.79 Å². The number of nitrogen functional groups attached to an aromatic ring is 1. The van der Waals surface area contributed by atoms with Gasteiger partial charge in [0.05, 0.1) is 13.5 Å². The number of fused-ring (bicyclic) bond motifs is 1. The molecule has 0 saturated heterocycles. The SMILES string of the molecule is COc1cc(O)c2c(c1N)OC(c1ccccc1)CC2=O. The summed E-state index contributed by atoms with van der Waals surface area (Å²) < 4.78 is 10.9. The van der Waals surface area contributed by atoms with Gasteiger partial charge in [-0.05, 0) is 5.56 Å². The van der Waals surface area contributed by atoms with Crippen LogP contribution in [0.15, 0.2) is 36.4 Å². The average Bonchev–Trinajstić information content (AvgIpc) is 2.51. The summed E-state index contributed by atoms with van der Waals surface area (Å²) in [5.41, 5.74) is 7.21. The molecule has 1 atom stereocenters. The van der Waals surface area contributed by atoms with Crippen molar-refractivity contribution in [3.63, 3.8) is 0 Å². The molecule has 2 aromatic rings. The first-order valence-corrected chi connectivity index (χ1v) is 6.56. The normalized spacial score (nSPS) is 17.0. The lowest BCUT2D eigenvalue weighted by molar-refractivity contribution is 0.0846. The van der Waals surface area contributed by atoms with Crippen LogP contribution in [0.25, 0.3) is 0 Å². The second-order valence-corrected chi connectivity index (χ2v) is 4.86. The summed E-state index contributed by atoms with van der Waals surface area (Å²) in [7, 11) is 1.44. The first-order chi connectivity index (χ1) is 10.1. The highest BCUT2D eigenvalue weighted by Gasteiger charge is 2.33. The van der Waals surface area contributed by atoms with Crippen LogP contribution < -0.4 is 15.2 Å². The van der Waals surface area contributed by atoms with Crippen LogP contribution in [0.3, 0.4) is 0 Å². The molecule has 5 heteroatoms. The molecule has 0 amide bonds. The molecule has 1 unspecified atom stereocenters. The van der Waals surface area contributed by atoms with Gasteiger partial charge in [0.15, 0.2) is 11.5 Å². The van der Waals surface area contributed by atoms with Crippen molar-refractivity contribution < 1.29 is 19.4 Å². The van der Waals surface area contributed by atoms with E-state index in [4.69, 9.17) is 15.2 Å². The van der Waals surface area contributed by atoms with Crippen LogP contribution in [-0.4, -0.2) is 18.0 Å². The Morgan fingerprint density at radius 3 is 2.71 bits per heavy atom. The van der Waals surface area contributed by atoms with E-state index in [1.807, 2.05) is 30.3 Å². The number of carbonyl (C=O) groups is 1. The molecule has 21 heavy (non-hydrogen) atoms. The molecular formula is C16H15NO4. The largest absolute Gasteiger partial charge is 0.507 e. The Bertz CT molecular complexity index is 697. The summed E-state index contributed by atoms with van der Waals surface area (Å²) in [5, 5.41) is 9.98. The molecule has 1 aliphatic heterocycles. The zero-order valence-electron chi connectivity index (χ0n) is 11.5. The highest BCUT2D eigenvalue weighted by molar-refractivity contribution is 6.04. The van der Waals surface area contributed by atoms with E-state index in [1.165, 1.54) is 13.2 Å². The lowest BCUT2D eigenvalue weighted by Crippen LogP contribution is -2.21. The fourth-order valence-corrected chi connectivity index (χ4v) is 2.51. The molecule has 108 valence electrons. The Labute approximate surface area is 121 Å². The molecule has 0 fully saturated rings. The van der Waals surface area contributed by atoms with Gasteiger partial charge in [-0.15, -0.1) is 0 Å². The second kappa shape index (κ2) is 5.01. The Morgan fingerprint density at radius 2 is 2.05 bits per heavy atom. The van der Waals surface area contributed by atoms with Gasteiger partial charge in [0, 0.05) is 6.07 Å². The Morgan fingerprint density at radius 1 is 1.33 bits per heavy atom. The van der Waals surface area contributed by atoms with Crippen LogP contribution in [-0.2, 0) is 0 Å². The van der Waals surface area contributed by atoms with Crippen LogP contribution in [0, 0.1) is 0 Å². The van der Waals surface area contributed by atoms with Crippen LogP contribution in [0.1, 0.15) is 28.4 Å². The first-order valence-electron chi connectivity index (χ1n) is 6.56. The van der Waals surface area contributed by atoms with E-state index in [2.05, 4.69) is 0 Å². The summed E-state index contributed by atoms with van der Waals surface area (Å²) in [6.07, 6.45) is -0.254. The van der Waals surface area contributed by atoms with Gasteiger partial charge in [-0.1, -0.05) is 30.3 Å². The molecule has 3 N–H and O–H groups in total. The van der Waals surface area contributed by atoms with E-state index in [9.17, 15) is 9.90 Å². The fraction of sp³-hybridized carbons (Fsp3) is 0.188. The lowest BCUT2D eigenvalue weighted by atomic mass is 9.95. The maximum absolute atomic E-state index is 12.3. The fourth-order valence-electron chi connectivity index (χ4n) is 2.51. The van der Waals surface area contributed by atoms with Gasteiger partial charge in [0.25, 0.3) is 0 Å². The quantitative estimate of drug-likeness (QED) is 0.655.